The van der Waals surface area contributed by atoms with Crippen molar-refractivity contribution in [2.45, 2.75) is 31.7 Å². The SMILES string of the molecule is COCC(C)(C)n1c(C(C)Cl)nc2ccc(C#N)cc21. The lowest BCUT2D eigenvalue weighted by molar-refractivity contribution is 0.110. The van der Waals surface area contributed by atoms with Gasteiger partial charge in [-0.1, -0.05) is 0 Å². The molecule has 0 N–H and O–H groups in total. The summed E-state index contributed by atoms with van der Waals surface area (Å²) in [7, 11) is 1.67. The van der Waals surface area contributed by atoms with E-state index in [4.69, 9.17) is 21.6 Å². The standard InChI is InChI=1S/C15H18ClN3O/c1-10(16)14-18-12-6-5-11(8-17)7-13(12)19(14)15(2,3)9-20-4/h5-7,10H,9H2,1-4H3. The summed E-state index contributed by atoms with van der Waals surface area (Å²) in [6.45, 7) is 6.57. The van der Waals surface area contributed by atoms with Gasteiger partial charge in [-0.05, 0) is 39.0 Å². The predicted octanol–water partition coefficient (Wildman–Crippen LogP) is 3.59. The minimum Gasteiger partial charge on any atom is -0.382 e. The number of nitrogens with zero attached hydrogens (tertiary/aromatic N) is 3. The minimum absolute atomic E-state index is 0.218. The number of imidazole rings is 1. The van der Waals surface area contributed by atoms with Gasteiger partial charge < -0.3 is 9.30 Å². The first-order chi connectivity index (χ1) is 9.40. The van der Waals surface area contributed by atoms with E-state index in [-0.39, 0.29) is 10.9 Å². The smallest absolute Gasteiger partial charge is 0.128 e. The van der Waals surface area contributed by atoms with Crippen LogP contribution in [0.4, 0.5) is 0 Å². The molecule has 0 aliphatic carbocycles. The molecule has 0 fully saturated rings. The molecule has 20 heavy (non-hydrogen) atoms. The van der Waals surface area contributed by atoms with Gasteiger partial charge >= 0.3 is 0 Å². The Kier molecular flexibility index (Phi) is 4.03. The van der Waals surface area contributed by atoms with Gasteiger partial charge in [-0.3, -0.25) is 0 Å². The van der Waals surface area contributed by atoms with Gasteiger partial charge in [-0.15, -0.1) is 11.6 Å². The number of halogens is 1. The van der Waals surface area contributed by atoms with E-state index >= 15 is 0 Å². The van der Waals surface area contributed by atoms with Crippen LogP contribution < -0.4 is 0 Å². The fourth-order valence-corrected chi connectivity index (χ4v) is 2.63. The van der Waals surface area contributed by atoms with Gasteiger partial charge in [0.05, 0.1) is 40.2 Å². The number of alkyl halides is 1. The van der Waals surface area contributed by atoms with Crippen LogP contribution in [0.15, 0.2) is 18.2 Å². The number of hydrogen-bond donors (Lipinski definition) is 0. The van der Waals surface area contributed by atoms with Gasteiger partial charge in [0.1, 0.15) is 5.82 Å². The summed E-state index contributed by atoms with van der Waals surface area (Å²) in [4.78, 5) is 4.60. The van der Waals surface area contributed by atoms with E-state index in [1.54, 1.807) is 13.2 Å². The van der Waals surface area contributed by atoms with Crippen LogP contribution in [0.5, 0.6) is 0 Å². The van der Waals surface area contributed by atoms with E-state index < -0.39 is 0 Å². The molecule has 0 saturated carbocycles. The Morgan fingerprint density at radius 2 is 2.20 bits per heavy atom. The maximum atomic E-state index is 9.08. The summed E-state index contributed by atoms with van der Waals surface area (Å²) in [5, 5.41) is 8.86. The highest BCUT2D eigenvalue weighted by atomic mass is 35.5. The second-order valence-electron chi connectivity index (χ2n) is 5.48. The Balaban J connectivity index is 2.76. The molecule has 0 aliphatic rings. The number of aromatic nitrogens is 2. The summed E-state index contributed by atoms with van der Waals surface area (Å²) in [5.74, 6) is 0.791. The molecular formula is C15H18ClN3O. The average Bonchev–Trinajstić information content (AvgIpc) is 2.77. The largest absolute Gasteiger partial charge is 0.382 e. The molecule has 0 radical (unpaired) electrons. The van der Waals surface area contributed by atoms with Crippen LogP contribution in [0, 0.1) is 11.3 Å². The van der Waals surface area contributed by atoms with E-state index in [2.05, 4.69) is 29.5 Å². The summed E-state index contributed by atoms with van der Waals surface area (Å²) >= 11 is 6.27. The summed E-state index contributed by atoms with van der Waals surface area (Å²) in [6.07, 6.45) is 0. The molecule has 0 aliphatic heterocycles. The number of methoxy groups -OCH3 is 1. The Bertz CT molecular complexity index is 668. The van der Waals surface area contributed by atoms with E-state index in [0.717, 1.165) is 16.9 Å². The van der Waals surface area contributed by atoms with E-state index in [9.17, 15) is 0 Å². The highest BCUT2D eigenvalue weighted by molar-refractivity contribution is 6.20. The molecule has 1 heterocycles. The predicted molar refractivity (Wildman–Crippen MR) is 79.9 cm³/mol. The molecule has 0 bridgehead atoms. The molecule has 1 aromatic heterocycles. The summed E-state index contributed by atoms with van der Waals surface area (Å²) < 4.78 is 7.39. The van der Waals surface area contributed by atoms with Crippen LogP contribution in [0.1, 0.15) is 37.5 Å². The Morgan fingerprint density at radius 1 is 1.50 bits per heavy atom. The fourth-order valence-electron chi connectivity index (χ4n) is 2.48. The van der Waals surface area contributed by atoms with Crippen molar-refractivity contribution >= 4 is 22.6 Å². The molecule has 0 spiro atoms. The van der Waals surface area contributed by atoms with Gasteiger partial charge in [0.2, 0.25) is 0 Å². The Morgan fingerprint density at radius 3 is 2.75 bits per heavy atom. The van der Waals surface area contributed by atoms with Gasteiger partial charge in [0, 0.05) is 7.11 Å². The summed E-state index contributed by atoms with van der Waals surface area (Å²) in [5.41, 5.74) is 2.07. The molecule has 4 nitrogen and oxygen atoms in total. The summed E-state index contributed by atoms with van der Waals surface area (Å²) in [6, 6.07) is 7.64. The van der Waals surface area contributed by atoms with Gasteiger partial charge in [0.15, 0.2) is 0 Å². The van der Waals surface area contributed by atoms with Crippen molar-refractivity contribution in [3.63, 3.8) is 0 Å². The van der Waals surface area contributed by atoms with Crippen LogP contribution in [-0.4, -0.2) is 23.3 Å². The number of ether oxygens (including phenoxy) is 1. The van der Waals surface area contributed by atoms with Crippen molar-refractivity contribution in [3.05, 3.63) is 29.6 Å². The maximum absolute atomic E-state index is 9.08. The third-order valence-corrected chi connectivity index (χ3v) is 3.46. The number of nitriles is 1. The van der Waals surface area contributed by atoms with Crippen molar-refractivity contribution in [1.29, 1.82) is 5.26 Å². The number of hydrogen-bond acceptors (Lipinski definition) is 3. The Hall–Kier alpha value is -1.57. The van der Waals surface area contributed by atoms with Crippen LogP contribution in [-0.2, 0) is 10.3 Å². The second kappa shape index (κ2) is 5.43. The van der Waals surface area contributed by atoms with Crippen LogP contribution >= 0.6 is 11.6 Å². The zero-order valence-corrected chi connectivity index (χ0v) is 12.9. The molecule has 5 heteroatoms. The zero-order valence-electron chi connectivity index (χ0n) is 12.1. The monoisotopic (exact) mass is 291 g/mol. The first-order valence-corrected chi connectivity index (χ1v) is 6.90. The first kappa shape index (κ1) is 14.8. The maximum Gasteiger partial charge on any atom is 0.128 e. The second-order valence-corrected chi connectivity index (χ2v) is 6.14. The van der Waals surface area contributed by atoms with Crippen molar-refractivity contribution < 1.29 is 4.74 Å². The van der Waals surface area contributed by atoms with Crippen LogP contribution in [0.25, 0.3) is 11.0 Å². The number of fused-ring (bicyclic) bond motifs is 1. The molecule has 1 unspecified atom stereocenters. The third-order valence-electron chi connectivity index (χ3n) is 3.27. The molecule has 0 amide bonds. The van der Waals surface area contributed by atoms with E-state index in [1.807, 2.05) is 19.1 Å². The molecular weight excluding hydrogens is 274 g/mol. The highest BCUT2D eigenvalue weighted by Gasteiger charge is 2.28. The van der Waals surface area contributed by atoms with Crippen LogP contribution in [0.2, 0.25) is 0 Å². The van der Waals surface area contributed by atoms with Gasteiger partial charge in [-0.2, -0.15) is 5.26 Å². The van der Waals surface area contributed by atoms with E-state index in [0.29, 0.717) is 12.2 Å². The highest BCUT2D eigenvalue weighted by Crippen LogP contribution is 2.31. The molecule has 2 aromatic rings. The lowest BCUT2D eigenvalue weighted by Gasteiger charge is -2.29. The number of rotatable bonds is 4. The van der Waals surface area contributed by atoms with Crippen LogP contribution in [0.3, 0.4) is 0 Å². The molecule has 1 aromatic carbocycles. The lowest BCUT2D eigenvalue weighted by atomic mass is 10.1. The van der Waals surface area contributed by atoms with Gasteiger partial charge in [-0.25, -0.2) is 4.98 Å². The van der Waals surface area contributed by atoms with E-state index in [1.165, 1.54) is 0 Å². The van der Waals surface area contributed by atoms with Crippen molar-refractivity contribution in [2.75, 3.05) is 13.7 Å². The molecule has 0 saturated heterocycles. The van der Waals surface area contributed by atoms with Crippen molar-refractivity contribution in [2.24, 2.45) is 0 Å². The van der Waals surface area contributed by atoms with Crippen molar-refractivity contribution in [3.8, 4) is 6.07 Å². The molecule has 106 valence electrons. The van der Waals surface area contributed by atoms with Gasteiger partial charge in [0.25, 0.3) is 0 Å². The minimum atomic E-state index is -0.296. The van der Waals surface area contributed by atoms with Crippen molar-refractivity contribution in [1.82, 2.24) is 9.55 Å². The average molecular weight is 292 g/mol. The topological polar surface area (TPSA) is 50.8 Å². The zero-order chi connectivity index (χ0) is 14.9. The lowest BCUT2D eigenvalue weighted by Crippen LogP contribution is -2.33. The molecule has 1 atom stereocenters. The number of benzene rings is 1. The first-order valence-electron chi connectivity index (χ1n) is 6.46. The molecule has 2 rings (SSSR count). The quantitative estimate of drug-likeness (QED) is 0.809. The normalized spacial score (nSPS) is 13.4. The fraction of sp³-hybridized carbons (Fsp3) is 0.467. The third kappa shape index (κ3) is 2.52. The Labute approximate surface area is 123 Å².